The molecule has 143 valence electrons. The van der Waals surface area contributed by atoms with Crippen molar-refractivity contribution in [3.05, 3.63) is 59.6 Å². The Balaban J connectivity index is 0.00000218. The van der Waals surface area contributed by atoms with Crippen LogP contribution in [-0.4, -0.2) is 62.0 Å². The van der Waals surface area contributed by atoms with E-state index >= 15 is 0 Å². The quantitative estimate of drug-likeness (QED) is 0.377. The van der Waals surface area contributed by atoms with Crippen LogP contribution in [0.4, 0.5) is 17.1 Å². The number of amides is 2. The van der Waals surface area contributed by atoms with E-state index in [1.807, 2.05) is 30.3 Å². The van der Waals surface area contributed by atoms with Crippen LogP contribution in [0.1, 0.15) is 6.42 Å². The molecule has 8 nitrogen and oxygen atoms in total. The van der Waals surface area contributed by atoms with Gasteiger partial charge in [0.15, 0.2) is 0 Å². The van der Waals surface area contributed by atoms with Gasteiger partial charge in [-0.3, -0.25) is 14.5 Å². The number of nitrogens with one attached hydrogen (secondary N) is 2. The van der Waals surface area contributed by atoms with E-state index in [2.05, 4.69) is 25.9 Å². The van der Waals surface area contributed by atoms with E-state index in [-0.39, 0.29) is 47.8 Å². The number of halogens is 1. The van der Waals surface area contributed by atoms with E-state index in [1.165, 1.54) is 4.90 Å². The fourth-order valence-electron chi connectivity index (χ4n) is 3.48. The molecule has 0 saturated carbocycles. The van der Waals surface area contributed by atoms with Crippen LogP contribution >= 0.6 is 11.6 Å². The molecular weight excluding hydrogens is 415 g/mol. The third-order valence-electron chi connectivity index (χ3n) is 4.76. The minimum Gasteiger partial charge on any atom is -0.323 e. The normalized spacial score (nSPS) is 13.4. The monoisotopic (exact) mass is 427 g/mol. The first-order chi connectivity index (χ1) is 14.1. The zero-order chi connectivity index (χ0) is 20.0. The van der Waals surface area contributed by atoms with Gasteiger partial charge >= 0.3 is 0 Å². The Morgan fingerprint density at radius 3 is 2.63 bits per heavy atom. The SMILES string of the molecule is O=C1CC(=O)N(c2cc(-c3nn[nH]n3)ccc2Cl)c2ccc3ccccc3c2N1.[Na]. The van der Waals surface area contributed by atoms with Gasteiger partial charge < -0.3 is 5.32 Å². The van der Waals surface area contributed by atoms with Crippen molar-refractivity contribution in [1.29, 1.82) is 0 Å². The summed E-state index contributed by atoms with van der Waals surface area (Å²) in [6.07, 6.45) is -0.300. The number of aromatic nitrogens is 4. The number of anilines is 3. The molecule has 3 aromatic carbocycles. The van der Waals surface area contributed by atoms with Crippen LogP contribution in [-0.2, 0) is 9.59 Å². The predicted molar refractivity (Wildman–Crippen MR) is 115 cm³/mol. The molecule has 0 bridgehead atoms. The summed E-state index contributed by atoms with van der Waals surface area (Å²) < 4.78 is 0. The molecule has 4 aromatic rings. The van der Waals surface area contributed by atoms with Crippen molar-refractivity contribution in [1.82, 2.24) is 20.6 Å². The number of fused-ring (bicyclic) bond motifs is 3. The molecule has 1 radical (unpaired) electrons. The zero-order valence-corrected chi connectivity index (χ0v) is 18.6. The first-order valence-electron chi connectivity index (χ1n) is 8.80. The maximum atomic E-state index is 13.0. The third-order valence-corrected chi connectivity index (χ3v) is 5.08. The van der Waals surface area contributed by atoms with Gasteiger partial charge in [0.05, 0.1) is 22.1 Å². The van der Waals surface area contributed by atoms with Gasteiger partial charge in [0, 0.05) is 40.5 Å². The molecule has 5 rings (SSSR count). The van der Waals surface area contributed by atoms with Crippen molar-refractivity contribution in [2.75, 3.05) is 10.2 Å². The van der Waals surface area contributed by atoms with Crippen LogP contribution in [0.5, 0.6) is 0 Å². The summed E-state index contributed by atoms with van der Waals surface area (Å²) in [5.74, 6) is -0.387. The molecule has 2 heterocycles. The van der Waals surface area contributed by atoms with Crippen molar-refractivity contribution in [2.45, 2.75) is 6.42 Å². The number of aromatic amines is 1. The molecule has 0 aliphatic carbocycles. The van der Waals surface area contributed by atoms with E-state index < -0.39 is 0 Å². The maximum absolute atomic E-state index is 13.0. The molecule has 0 spiro atoms. The largest absolute Gasteiger partial charge is 0.323 e. The standard InChI is InChI=1S/C20H13ClN6O2.Na/c21-14-7-5-12(20-23-25-26-24-20)9-16(14)27-15-8-6-11-3-1-2-4-13(11)19(15)22-17(28)10-18(27)29;/h1-9H,10H2,(H,22,28)(H,23,24,25,26);. The Hall–Kier alpha value is -2.78. The number of nitrogens with zero attached hydrogens (tertiary/aromatic N) is 4. The van der Waals surface area contributed by atoms with Crippen LogP contribution in [0.25, 0.3) is 22.2 Å². The Morgan fingerprint density at radius 2 is 1.83 bits per heavy atom. The van der Waals surface area contributed by atoms with Gasteiger partial charge in [-0.2, -0.15) is 5.21 Å². The summed E-state index contributed by atoms with van der Waals surface area (Å²) in [6, 6.07) is 16.5. The van der Waals surface area contributed by atoms with Crippen molar-refractivity contribution >= 4 is 80.8 Å². The number of H-pyrrole nitrogens is 1. The van der Waals surface area contributed by atoms with E-state index in [1.54, 1.807) is 24.3 Å². The average molecular weight is 428 g/mol. The van der Waals surface area contributed by atoms with E-state index in [9.17, 15) is 9.59 Å². The van der Waals surface area contributed by atoms with Gasteiger partial charge in [0.1, 0.15) is 6.42 Å². The second-order valence-corrected chi connectivity index (χ2v) is 6.94. The summed E-state index contributed by atoms with van der Waals surface area (Å²) in [5, 5.41) is 18.9. The van der Waals surface area contributed by atoms with E-state index in [4.69, 9.17) is 11.6 Å². The van der Waals surface area contributed by atoms with Gasteiger partial charge in [-0.05, 0) is 34.9 Å². The number of carbonyl (C=O) groups excluding carboxylic acids is 2. The molecule has 1 aromatic heterocycles. The van der Waals surface area contributed by atoms with Crippen LogP contribution in [0.3, 0.4) is 0 Å². The van der Waals surface area contributed by atoms with Crippen molar-refractivity contribution in [3.8, 4) is 11.4 Å². The summed E-state index contributed by atoms with van der Waals surface area (Å²) in [5.41, 5.74) is 2.19. The smallest absolute Gasteiger partial charge is 0.241 e. The van der Waals surface area contributed by atoms with Crippen LogP contribution in [0.15, 0.2) is 54.6 Å². The number of benzene rings is 3. The summed E-state index contributed by atoms with van der Waals surface area (Å²) >= 11 is 6.47. The van der Waals surface area contributed by atoms with Gasteiger partial charge in [-0.25, -0.2) is 0 Å². The Labute approximate surface area is 197 Å². The molecule has 0 fully saturated rings. The second-order valence-electron chi connectivity index (χ2n) is 6.54. The van der Waals surface area contributed by atoms with Gasteiger partial charge in [0.25, 0.3) is 0 Å². The van der Waals surface area contributed by atoms with Gasteiger partial charge in [-0.1, -0.05) is 41.9 Å². The molecule has 30 heavy (non-hydrogen) atoms. The maximum Gasteiger partial charge on any atom is 0.241 e. The van der Waals surface area contributed by atoms with E-state index in [0.717, 1.165) is 10.8 Å². The molecule has 0 unspecified atom stereocenters. The second kappa shape index (κ2) is 8.16. The first kappa shape index (κ1) is 20.5. The zero-order valence-electron chi connectivity index (χ0n) is 15.9. The van der Waals surface area contributed by atoms with Crippen molar-refractivity contribution < 1.29 is 9.59 Å². The molecule has 0 saturated heterocycles. The Kier molecular flexibility index (Phi) is 5.57. The number of tetrazole rings is 1. The van der Waals surface area contributed by atoms with E-state index in [0.29, 0.717) is 33.5 Å². The number of rotatable bonds is 2. The molecule has 0 atom stereocenters. The molecule has 1 aliphatic heterocycles. The van der Waals surface area contributed by atoms with Gasteiger partial charge in [-0.15, -0.1) is 10.2 Å². The molecule has 2 N–H and O–H groups in total. The third kappa shape index (κ3) is 3.48. The first-order valence-corrected chi connectivity index (χ1v) is 9.17. The predicted octanol–water partition coefficient (Wildman–Crippen LogP) is 3.30. The fraction of sp³-hybridized carbons (Fsp3) is 0.0500. The average Bonchev–Trinajstić information content (AvgIpc) is 3.21. The summed E-state index contributed by atoms with van der Waals surface area (Å²) in [4.78, 5) is 26.9. The van der Waals surface area contributed by atoms with Crippen LogP contribution < -0.4 is 10.2 Å². The Morgan fingerprint density at radius 1 is 1.00 bits per heavy atom. The minimum absolute atomic E-state index is 0. The number of carbonyl (C=O) groups is 2. The minimum atomic E-state index is -0.385. The topological polar surface area (TPSA) is 104 Å². The number of hydrogen-bond donors (Lipinski definition) is 2. The van der Waals surface area contributed by atoms with Crippen LogP contribution in [0.2, 0.25) is 5.02 Å². The summed E-state index contributed by atoms with van der Waals surface area (Å²) in [7, 11) is 0. The van der Waals surface area contributed by atoms with Gasteiger partial charge in [0.2, 0.25) is 17.6 Å². The molecule has 1 aliphatic rings. The Bertz CT molecular complexity index is 1280. The molecule has 10 heteroatoms. The molecule has 2 amide bonds. The fourth-order valence-corrected chi connectivity index (χ4v) is 3.69. The molecular formula is C20H13ClN6NaO2. The van der Waals surface area contributed by atoms with Crippen molar-refractivity contribution in [2.24, 2.45) is 0 Å². The number of hydrogen-bond acceptors (Lipinski definition) is 5. The summed E-state index contributed by atoms with van der Waals surface area (Å²) in [6.45, 7) is 0. The van der Waals surface area contributed by atoms with Crippen molar-refractivity contribution in [3.63, 3.8) is 0 Å². The van der Waals surface area contributed by atoms with Crippen LogP contribution in [0, 0.1) is 0 Å².